The van der Waals surface area contributed by atoms with Gasteiger partial charge in [-0.05, 0) is 13.0 Å². The molecule has 5 nitrogen and oxygen atoms in total. The van der Waals surface area contributed by atoms with Gasteiger partial charge < -0.3 is 14.8 Å². The van der Waals surface area contributed by atoms with Gasteiger partial charge in [0.2, 0.25) is 5.76 Å². The molecule has 1 amide bonds. The van der Waals surface area contributed by atoms with E-state index >= 15 is 0 Å². The van der Waals surface area contributed by atoms with Crippen molar-refractivity contribution in [1.82, 2.24) is 10.3 Å². The molecule has 2 rings (SSSR count). The maximum Gasteiger partial charge on any atom is 0.289 e. The maximum absolute atomic E-state index is 11.8. The molecule has 0 fully saturated rings. The van der Waals surface area contributed by atoms with Gasteiger partial charge in [0.05, 0.1) is 18.8 Å². The van der Waals surface area contributed by atoms with Gasteiger partial charge in [-0.2, -0.15) is 0 Å². The zero-order valence-electron chi connectivity index (χ0n) is 11.0. The average molecular weight is 290 g/mol. The second-order valence-electron chi connectivity index (χ2n) is 4.03. The number of nitrogens with zero attached hydrogens (tertiary/aromatic N) is 1. The largest absolute Gasteiger partial charge is 0.438 e. The van der Waals surface area contributed by atoms with Gasteiger partial charge in [-0.15, -0.1) is 11.3 Å². The molecule has 2 aromatic heterocycles. The number of aliphatic hydroxyl groups is 1. The van der Waals surface area contributed by atoms with Crippen molar-refractivity contribution in [2.24, 2.45) is 0 Å². The lowest BCUT2D eigenvalue weighted by atomic mass is 10.3. The van der Waals surface area contributed by atoms with Crippen LogP contribution in [0.1, 0.15) is 33.1 Å². The molecule has 0 aliphatic carbocycles. The lowest BCUT2D eigenvalue weighted by Gasteiger charge is -2.00. The van der Waals surface area contributed by atoms with Gasteiger partial charge in [-0.3, -0.25) is 4.79 Å². The van der Waals surface area contributed by atoms with Gasteiger partial charge in [0.15, 0.2) is 6.39 Å². The number of hydrogen-bond acceptors (Lipinski definition) is 5. The molecule has 2 aromatic rings. The summed E-state index contributed by atoms with van der Waals surface area (Å²) in [5.74, 6) is 5.77. The summed E-state index contributed by atoms with van der Waals surface area (Å²) in [6.07, 6.45) is 1.72. The topological polar surface area (TPSA) is 75.4 Å². The first kappa shape index (κ1) is 14.3. The minimum absolute atomic E-state index is 0.0661. The Labute approximate surface area is 120 Å². The van der Waals surface area contributed by atoms with E-state index in [0.717, 1.165) is 10.4 Å². The summed E-state index contributed by atoms with van der Waals surface area (Å²) < 4.78 is 5.02. The van der Waals surface area contributed by atoms with Crippen LogP contribution in [0.2, 0.25) is 0 Å². The van der Waals surface area contributed by atoms with Crippen molar-refractivity contribution in [3.8, 4) is 11.8 Å². The van der Waals surface area contributed by atoms with Gasteiger partial charge in [0, 0.05) is 22.2 Å². The van der Waals surface area contributed by atoms with Crippen LogP contribution in [0.4, 0.5) is 0 Å². The summed E-state index contributed by atoms with van der Waals surface area (Å²) in [6, 6.07) is 1.92. The van der Waals surface area contributed by atoms with Crippen LogP contribution in [0.25, 0.3) is 0 Å². The number of carbonyl (C=O) groups excluding carboxylic acids is 1. The third kappa shape index (κ3) is 3.70. The highest BCUT2D eigenvalue weighted by Crippen LogP contribution is 2.14. The van der Waals surface area contributed by atoms with E-state index in [9.17, 15) is 4.79 Å². The second-order valence-corrected chi connectivity index (χ2v) is 5.02. The number of carbonyl (C=O) groups is 1. The fourth-order valence-electron chi connectivity index (χ4n) is 1.53. The summed E-state index contributed by atoms with van der Waals surface area (Å²) >= 11 is 1.53. The zero-order chi connectivity index (χ0) is 14.4. The van der Waals surface area contributed by atoms with Crippen molar-refractivity contribution in [2.45, 2.75) is 19.9 Å². The molecule has 2 N–H and O–H groups in total. The molecule has 6 heteroatoms. The summed E-state index contributed by atoms with van der Waals surface area (Å²) in [5.41, 5.74) is 1.47. The molecule has 0 saturated heterocycles. The van der Waals surface area contributed by atoms with Crippen LogP contribution in [0, 0.1) is 18.8 Å². The van der Waals surface area contributed by atoms with Crippen LogP contribution in [0.3, 0.4) is 0 Å². The van der Waals surface area contributed by atoms with Gasteiger partial charge in [-0.25, -0.2) is 4.98 Å². The van der Waals surface area contributed by atoms with Crippen molar-refractivity contribution >= 4 is 17.2 Å². The summed E-state index contributed by atoms with van der Waals surface area (Å²) in [4.78, 5) is 16.7. The molecule has 20 heavy (non-hydrogen) atoms. The van der Waals surface area contributed by atoms with E-state index in [2.05, 4.69) is 22.1 Å². The van der Waals surface area contributed by atoms with Crippen LogP contribution in [0.15, 0.2) is 22.3 Å². The van der Waals surface area contributed by atoms with E-state index < -0.39 is 0 Å². The van der Waals surface area contributed by atoms with Crippen molar-refractivity contribution in [3.05, 3.63) is 39.7 Å². The number of nitrogens with one attached hydrogen (secondary N) is 1. The maximum atomic E-state index is 11.8. The lowest BCUT2D eigenvalue weighted by Crippen LogP contribution is -2.22. The van der Waals surface area contributed by atoms with Crippen LogP contribution < -0.4 is 5.32 Å². The molecule has 0 bridgehead atoms. The molecule has 0 aliphatic heterocycles. The highest BCUT2D eigenvalue weighted by atomic mass is 32.1. The predicted molar refractivity (Wildman–Crippen MR) is 75.3 cm³/mol. The van der Waals surface area contributed by atoms with E-state index in [-0.39, 0.29) is 18.3 Å². The number of amides is 1. The molecule has 104 valence electrons. The molecule has 0 atom stereocenters. The van der Waals surface area contributed by atoms with Crippen molar-refractivity contribution in [2.75, 3.05) is 6.61 Å². The van der Waals surface area contributed by atoms with E-state index in [0.29, 0.717) is 18.7 Å². The number of oxazole rings is 1. The van der Waals surface area contributed by atoms with E-state index in [1.54, 1.807) is 6.92 Å². The normalized spacial score (nSPS) is 9.90. The SMILES string of the molecule is Cc1ncoc1C(=O)NCc1cc(C#CCCO)cs1. The number of hydrogen-bond donors (Lipinski definition) is 2. The van der Waals surface area contributed by atoms with Crippen LogP contribution in [-0.4, -0.2) is 22.6 Å². The number of thiophene rings is 1. The molecular formula is C14H14N2O3S. The highest BCUT2D eigenvalue weighted by molar-refractivity contribution is 7.10. The molecule has 2 heterocycles. The van der Waals surface area contributed by atoms with Gasteiger partial charge in [0.1, 0.15) is 0 Å². The first-order valence-corrected chi connectivity index (χ1v) is 6.94. The molecule has 0 aliphatic rings. The Morgan fingerprint density at radius 3 is 3.15 bits per heavy atom. The Bertz CT molecular complexity index is 649. The fourth-order valence-corrected chi connectivity index (χ4v) is 2.28. The average Bonchev–Trinajstić information content (AvgIpc) is 3.05. The van der Waals surface area contributed by atoms with Crippen molar-refractivity contribution in [1.29, 1.82) is 0 Å². The number of aryl methyl sites for hydroxylation is 1. The zero-order valence-corrected chi connectivity index (χ0v) is 11.8. The molecule has 0 aromatic carbocycles. The van der Waals surface area contributed by atoms with E-state index in [1.165, 1.54) is 17.7 Å². The van der Waals surface area contributed by atoms with Gasteiger partial charge in [0.25, 0.3) is 5.91 Å². The molecule has 0 radical (unpaired) electrons. The lowest BCUT2D eigenvalue weighted by molar-refractivity contribution is 0.0922. The minimum atomic E-state index is -0.277. The van der Waals surface area contributed by atoms with Crippen LogP contribution in [0.5, 0.6) is 0 Å². The number of rotatable bonds is 4. The van der Waals surface area contributed by atoms with Crippen LogP contribution in [-0.2, 0) is 6.54 Å². The third-order valence-corrected chi connectivity index (χ3v) is 3.43. The Hall–Kier alpha value is -2.10. The molecule has 0 spiro atoms. The quantitative estimate of drug-likeness (QED) is 0.841. The predicted octanol–water partition coefficient (Wildman–Crippen LogP) is 1.71. The summed E-state index contributed by atoms with van der Waals surface area (Å²) in [5, 5.41) is 13.3. The number of aliphatic hydroxyl groups excluding tert-OH is 1. The minimum Gasteiger partial charge on any atom is -0.438 e. The first-order chi connectivity index (χ1) is 9.70. The Morgan fingerprint density at radius 1 is 1.60 bits per heavy atom. The summed E-state index contributed by atoms with van der Waals surface area (Å²) in [6.45, 7) is 2.21. The monoisotopic (exact) mass is 290 g/mol. The van der Waals surface area contributed by atoms with Gasteiger partial charge in [-0.1, -0.05) is 11.8 Å². The van der Waals surface area contributed by atoms with E-state index in [1.807, 2.05) is 11.4 Å². The van der Waals surface area contributed by atoms with Crippen molar-refractivity contribution < 1.29 is 14.3 Å². The first-order valence-electron chi connectivity index (χ1n) is 6.06. The molecule has 0 unspecified atom stereocenters. The smallest absolute Gasteiger partial charge is 0.289 e. The van der Waals surface area contributed by atoms with Crippen molar-refractivity contribution in [3.63, 3.8) is 0 Å². The number of aromatic nitrogens is 1. The van der Waals surface area contributed by atoms with Gasteiger partial charge >= 0.3 is 0 Å². The summed E-state index contributed by atoms with van der Waals surface area (Å²) in [7, 11) is 0. The highest BCUT2D eigenvalue weighted by Gasteiger charge is 2.13. The van der Waals surface area contributed by atoms with E-state index in [4.69, 9.17) is 9.52 Å². The molecule has 0 saturated carbocycles. The van der Waals surface area contributed by atoms with Crippen LogP contribution >= 0.6 is 11.3 Å². The molecular weight excluding hydrogens is 276 g/mol. The second kappa shape index (κ2) is 6.89. The Balaban J connectivity index is 1.90. The third-order valence-electron chi connectivity index (χ3n) is 2.50. The fraction of sp³-hybridized carbons (Fsp3) is 0.286. The standard InChI is InChI=1S/C14H14N2O3S/c1-10-13(19-9-16-10)14(18)15-7-12-6-11(8-20-12)4-2-3-5-17/h6,8-9,17H,3,5,7H2,1H3,(H,15,18). The Kier molecular flexibility index (Phi) is 4.93. The Morgan fingerprint density at radius 2 is 2.45 bits per heavy atom.